The number of carboxylic acids is 1. The second-order valence-electron chi connectivity index (χ2n) is 5.24. The number of carboxylic acid groups (broad SMARTS) is 1. The summed E-state index contributed by atoms with van der Waals surface area (Å²) < 4.78 is 0. The number of aldehydes is 1. The van der Waals surface area contributed by atoms with Crippen LogP contribution in [0.3, 0.4) is 0 Å². The first-order valence-corrected chi connectivity index (χ1v) is 7.20. The van der Waals surface area contributed by atoms with Gasteiger partial charge in [-0.1, -0.05) is 12.8 Å². The average Bonchev–Trinajstić information content (AvgIpc) is 2.54. The van der Waals surface area contributed by atoms with Crippen molar-refractivity contribution in [2.45, 2.75) is 62.2 Å². The summed E-state index contributed by atoms with van der Waals surface area (Å²) in [6.45, 7) is 0. The Hall–Kier alpha value is -1.21. The first kappa shape index (κ1) is 29.5. The van der Waals surface area contributed by atoms with Crippen molar-refractivity contribution >= 4 is 12.3 Å². The molecule has 0 heterocycles. The molecule has 0 amide bonds. The van der Waals surface area contributed by atoms with Gasteiger partial charge in [-0.2, -0.15) is 0 Å². The zero-order valence-electron chi connectivity index (χ0n) is 13.6. The second kappa shape index (κ2) is 16.0. The van der Waals surface area contributed by atoms with Crippen molar-refractivity contribution in [3.8, 4) is 0 Å². The molecule has 4 unspecified atom stereocenters. The minimum absolute atomic E-state index is 0. The molecule has 0 radical (unpaired) electrons. The van der Waals surface area contributed by atoms with Crippen molar-refractivity contribution in [3.05, 3.63) is 10.1 Å². The van der Waals surface area contributed by atoms with Gasteiger partial charge in [0.1, 0.15) is 18.3 Å². The first-order chi connectivity index (χ1) is 11.4. The van der Waals surface area contributed by atoms with E-state index in [1.165, 1.54) is 12.8 Å². The summed E-state index contributed by atoms with van der Waals surface area (Å²) in [6.07, 6.45) is -3.59. The van der Waals surface area contributed by atoms with Gasteiger partial charge in [-0.15, -0.1) is 10.1 Å². The molecular formula is C12H25N3O10Pt. The predicted molar refractivity (Wildman–Crippen MR) is 80.9 cm³/mol. The number of aliphatic hydroxyl groups is 4. The number of nitrogens with two attached hydrogens (primary N) is 2. The fourth-order valence-electron chi connectivity index (χ4n) is 1.80. The molecule has 0 saturated heterocycles. The smallest absolute Gasteiger partial charge is 0.335 e. The van der Waals surface area contributed by atoms with Gasteiger partial charge in [0, 0.05) is 33.1 Å². The number of rotatable bonds is 5. The molecule has 10 N–H and O–H groups in total. The normalized spacial score (nSPS) is 23.2. The molecule has 6 atom stereocenters. The molecule has 0 spiro atoms. The van der Waals surface area contributed by atoms with Crippen molar-refractivity contribution in [1.82, 2.24) is 0 Å². The maximum Gasteiger partial charge on any atom is 0.335 e. The Morgan fingerprint density at radius 1 is 1.08 bits per heavy atom. The van der Waals surface area contributed by atoms with Crippen LogP contribution in [0.15, 0.2) is 0 Å². The van der Waals surface area contributed by atoms with Crippen LogP contribution in [-0.4, -0.2) is 84.6 Å². The van der Waals surface area contributed by atoms with E-state index >= 15 is 0 Å². The number of aliphatic hydroxyl groups excluding tert-OH is 4. The molecular weight excluding hydrogens is 541 g/mol. The van der Waals surface area contributed by atoms with Crippen molar-refractivity contribution in [2.75, 3.05) is 0 Å². The molecule has 1 rings (SSSR count). The standard InChI is InChI=1S/C6H14N2.C6H10O7.HNO3.Pt/c7-5-3-1-2-4-6(5)8;7-1-2(8)3(9)4(10)5(11)6(12)13;2-1(3)4;/h5-6H,1-4,7-8H2;1-5,8-11H,(H,12,13);(H,2,3,4);/t5-,6-;;;/m1.../s1. The zero-order valence-corrected chi connectivity index (χ0v) is 15.9. The van der Waals surface area contributed by atoms with Gasteiger partial charge in [-0.05, 0) is 12.8 Å². The van der Waals surface area contributed by atoms with Crippen LogP contribution in [0.2, 0.25) is 0 Å². The Morgan fingerprint density at radius 3 is 1.65 bits per heavy atom. The van der Waals surface area contributed by atoms with Gasteiger partial charge in [-0.3, -0.25) is 0 Å². The average molecular weight is 566 g/mol. The van der Waals surface area contributed by atoms with Crippen LogP contribution in [0.1, 0.15) is 25.7 Å². The second-order valence-corrected chi connectivity index (χ2v) is 5.24. The summed E-state index contributed by atoms with van der Waals surface area (Å²) in [5.41, 5.74) is 11.3. The summed E-state index contributed by atoms with van der Waals surface area (Å²) in [5.74, 6) is -1.76. The van der Waals surface area contributed by atoms with Gasteiger partial charge >= 0.3 is 5.97 Å². The van der Waals surface area contributed by atoms with Crippen LogP contribution >= 0.6 is 0 Å². The Bertz CT molecular complexity index is 403. The van der Waals surface area contributed by atoms with E-state index in [1.807, 2.05) is 0 Å². The van der Waals surface area contributed by atoms with Crippen molar-refractivity contribution in [1.29, 1.82) is 0 Å². The monoisotopic (exact) mass is 566 g/mol. The maximum atomic E-state index is 10.1. The van der Waals surface area contributed by atoms with Crippen LogP contribution in [-0.2, 0) is 30.7 Å². The number of carbonyl (C=O) groups excluding carboxylic acids is 1. The third-order valence-electron chi connectivity index (χ3n) is 3.29. The molecule has 0 aromatic carbocycles. The fourth-order valence-corrected chi connectivity index (χ4v) is 1.80. The number of carbonyl (C=O) groups is 2. The van der Waals surface area contributed by atoms with E-state index in [9.17, 15) is 9.59 Å². The Labute approximate surface area is 163 Å². The molecule has 13 nitrogen and oxygen atoms in total. The molecule has 1 aliphatic rings. The van der Waals surface area contributed by atoms with E-state index in [4.69, 9.17) is 52.3 Å². The minimum Gasteiger partial charge on any atom is -0.479 e. The van der Waals surface area contributed by atoms with Crippen molar-refractivity contribution in [3.63, 3.8) is 0 Å². The van der Waals surface area contributed by atoms with E-state index in [0.717, 1.165) is 12.8 Å². The minimum atomic E-state index is -2.25. The third kappa shape index (κ3) is 14.0. The van der Waals surface area contributed by atoms with Crippen LogP contribution < -0.4 is 11.5 Å². The van der Waals surface area contributed by atoms with Crippen molar-refractivity contribution in [2.24, 2.45) is 11.5 Å². The quantitative estimate of drug-likeness (QED) is 0.0920. The third-order valence-corrected chi connectivity index (χ3v) is 3.29. The molecule has 1 saturated carbocycles. The van der Waals surface area contributed by atoms with Gasteiger partial charge in [0.05, 0.1) is 0 Å². The number of aliphatic carboxylic acids is 1. The molecule has 0 bridgehead atoms. The van der Waals surface area contributed by atoms with E-state index in [2.05, 4.69) is 0 Å². The van der Waals surface area contributed by atoms with Crippen molar-refractivity contribution < 1.29 is 66.5 Å². The molecule has 14 heteroatoms. The van der Waals surface area contributed by atoms with Gasteiger partial charge in [-0.25, -0.2) is 4.79 Å². The van der Waals surface area contributed by atoms with Crippen LogP contribution in [0.5, 0.6) is 0 Å². The summed E-state index contributed by atoms with van der Waals surface area (Å²) in [6, 6.07) is 0.562. The maximum absolute atomic E-state index is 10.1. The fraction of sp³-hybridized carbons (Fsp3) is 0.833. The van der Waals surface area contributed by atoms with Gasteiger partial charge in [0.2, 0.25) is 0 Å². The number of nitrogens with zero attached hydrogens (tertiary/aromatic N) is 1. The predicted octanol–water partition coefficient (Wildman–Crippen LogP) is -3.42. The molecule has 0 aliphatic heterocycles. The van der Waals surface area contributed by atoms with Crippen LogP contribution in [0, 0.1) is 10.1 Å². The van der Waals surface area contributed by atoms with E-state index in [-0.39, 0.29) is 39.4 Å². The summed E-state index contributed by atoms with van der Waals surface area (Å²) in [4.78, 5) is 28.3. The SMILES string of the molecule is N[C@@H]1CCCC[C@H]1N.O=CC(O)C(O)C(O)C(O)C(=O)O.O=[N+]([O-])O.[Pt]. The van der Waals surface area contributed by atoms with E-state index < -0.39 is 35.5 Å². The summed E-state index contributed by atoms with van der Waals surface area (Å²) in [5, 5.41) is 56.8. The van der Waals surface area contributed by atoms with Gasteiger partial charge < -0.3 is 47.0 Å². The van der Waals surface area contributed by atoms with E-state index in [1.54, 1.807) is 0 Å². The van der Waals surface area contributed by atoms with Gasteiger partial charge in [0.25, 0.3) is 5.09 Å². The number of hydrogen-bond donors (Lipinski definition) is 8. The molecule has 1 aliphatic carbocycles. The Kier molecular flexibility index (Phi) is 18.2. The molecule has 26 heavy (non-hydrogen) atoms. The Morgan fingerprint density at radius 2 is 1.42 bits per heavy atom. The topological polar surface area (TPSA) is 251 Å². The molecule has 1 fully saturated rings. The number of hydrogen-bond acceptors (Lipinski definition) is 10. The largest absolute Gasteiger partial charge is 0.479 e. The van der Waals surface area contributed by atoms with E-state index in [0.29, 0.717) is 0 Å². The van der Waals surface area contributed by atoms with Crippen LogP contribution in [0.4, 0.5) is 0 Å². The summed E-state index contributed by atoms with van der Waals surface area (Å²) in [7, 11) is 0. The molecule has 0 aromatic heterocycles. The summed E-state index contributed by atoms with van der Waals surface area (Å²) >= 11 is 0. The first-order valence-electron chi connectivity index (χ1n) is 7.20. The molecule has 158 valence electrons. The van der Waals surface area contributed by atoms with Crippen LogP contribution in [0.25, 0.3) is 0 Å². The zero-order chi connectivity index (χ0) is 20.2. The van der Waals surface area contributed by atoms with Gasteiger partial charge in [0.15, 0.2) is 12.4 Å². The Balaban J connectivity index is -0.000000346. The molecule has 0 aromatic rings.